The lowest BCUT2D eigenvalue weighted by atomic mass is 10.0. The predicted octanol–water partition coefficient (Wildman–Crippen LogP) is 3.30. The second-order valence-electron chi connectivity index (χ2n) is 5.57. The third-order valence-electron chi connectivity index (χ3n) is 3.85. The molecule has 0 radical (unpaired) electrons. The second-order valence-corrected chi connectivity index (χ2v) is 5.57. The van der Waals surface area contributed by atoms with Gasteiger partial charge in [0, 0.05) is 37.1 Å². The maximum atomic E-state index is 13.1. The van der Waals surface area contributed by atoms with Gasteiger partial charge in [0.15, 0.2) is 0 Å². The van der Waals surface area contributed by atoms with Gasteiger partial charge in [0.05, 0.1) is 0 Å². The molecule has 1 aliphatic heterocycles. The van der Waals surface area contributed by atoms with Crippen molar-refractivity contribution in [1.29, 1.82) is 0 Å². The number of halogens is 1. The van der Waals surface area contributed by atoms with Crippen LogP contribution in [0.4, 0.5) is 10.1 Å². The van der Waals surface area contributed by atoms with E-state index in [9.17, 15) is 4.39 Å². The van der Waals surface area contributed by atoms with Gasteiger partial charge < -0.3 is 5.32 Å². The van der Waals surface area contributed by atoms with Gasteiger partial charge in [-0.2, -0.15) is 4.39 Å². The van der Waals surface area contributed by atoms with E-state index in [0.717, 1.165) is 38.2 Å². The molecule has 0 aliphatic carbocycles. The van der Waals surface area contributed by atoms with Crippen molar-refractivity contribution in [2.45, 2.75) is 25.4 Å². The molecule has 2 heterocycles. The van der Waals surface area contributed by atoms with Gasteiger partial charge in [0.25, 0.3) is 0 Å². The van der Waals surface area contributed by atoms with Gasteiger partial charge in [-0.15, -0.1) is 0 Å². The molecule has 4 heteroatoms. The number of likely N-dealkylation sites (tertiary alicyclic amines) is 1. The lowest BCUT2D eigenvalue weighted by molar-refractivity contribution is 0.208. The molecular formula is C17H20FN3. The summed E-state index contributed by atoms with van der Waals surface area (Å²) in [5.41, 5.74) is 2.15. The van der Waals surface area contributed by atoms with Crippen LogP contribution in [0, 0.1) is 5.95 Å². The molecule has 1 fully saturated rings. The number of pyridine rings is 1. The number of nitrogens with zero attached hydrogens (tertiary/aromatic N) is 2. The van der Waals surface area contributed by atoms with Crippen LogP contribution in [0.15, 0.2) is 48.7 Å². The number of piperidine rings is 1. The van der Waals surface area contributed by atoms with E-state index in [1.165, 1.54) is 17.8 Å². The number of nitrogens with one attached hydrogen (secondary N) is 1. The smallest absolute Gasteiger partial charge is 0.214 e. The molecule has 1 atom stereocenters. The first-order valence-corrected chi connectivity index (χ1v) is 7.44. The Morgan fingerprint density at radius 2 is 2.10 bits per heavy atom. The zero-order valence-corrected chi connectivity index (χ0v) is 12.0. The molecule has 1 N–H and O–H groups in total. The number of anilines is 1. The molecule has 0 bridgehead atoms. The minimum absolute atomic E-state index is 0.365. The topological polar surface area (TPSA) is 28.2 Å². The quantitative estimate of drug-likeness (QED) is 0.874. The van der Waals surface area contributed by atoms with Crippen molar-refractivity contribution in [2.75, 3.05) is 18.4 Å². The van der Waals surface area contributed by atoms with E-state index in [1.54, 1.807) is 0 Å². The molecule has 3 nitrogen and oxygen atoms in total. The van der Waals surface area contributed by atoms with Crippen molar-refractivity contribution < 1.29 is 4.39 Å². The Balaban J connectivity index is 1.58. The first kappa shape index (κ1) is 14.0. The summed E-state index contributed by atoms with van der Waals surface area (Å²) in [4.78, 5) is 6.04. The normalized spacial score (nSPS) is 19.4. The first-order valence-electron chi connectivity index (χ1n) is 7.44. The fraction of sp³-hybridized carbons (Fsp3) is 0.353. The zero-order valence-electron chi connectivity index (χ0n) is 12.0. The summed E-state index contributed by atoms with van der Waals surface area (Å²) < 4.78 is 13.1. The first-order chi connectivity index (χ1) is 10.3. The molecule has 1 aliphatic rings. The number of hydrogen-bond acceptors (Lipinski definition) is 3. The van der Waals surface area contributed by atoms with Crippen LogP contribution >= 0.6 is 0 Å². The van der Waals surface area contributed by atoms with Crippen molar-refractivity contribution in [2.24, 2.45) is 0 Å². The van der Waals surface area contributed by atoms with Crippen LogP contribution in [-0.4, -0.2) is 29.0 Å². The zero-order chi connectivity index (χ0) is 14.5. The average Bonchev–Trinajstić information content (AvgIpc) is 2.49. The SMILES string of the molecule is Fc1cc(NC2CCCN(Cc3ccccc3)C2)ccn1. The van der Waals surface area contributed by atoms with E-state index in [4.69, 9.17) is 0 Å². The van der Waals surface area contributed by atoms with Crippen molar-refractivity contribution in [3.63, 3.8) is 0 Å². The Labute approximate surface area is 124 Å². The molecule has 1 saturated heterocycles. The fourth-order valence-electron chi connectivity index (χ4n) is 2.89. The Hall–Kier alpha value is -1.94. The van der Waals surface area contributed by atoms with Gasteiger partial charge in [-0.1, -0.05) is 30.3 Å². The Morgan fingerprint density at radius 1 is 1.24 bits per heavy atom. The lowest BCUT2D eigenvalue weighted by Gasteiger charge is -2.33. The standard InChI is InChI=1S/C17H20FN3/c18-17-11-15(8-9-19-17)20-16-7-4-10-21(13-16)12-14-5-2-1-3-6-14/h1-3,5-6,8-9,11,16H,4,7,10,12-13H2,(H,19,20). The van der Waals surface area contributed by atoms with Gasteiger partial charge >= 0.3 is 0 Å². The van der Waals surface area contributed by atoms with Crippen LogP contribution in [-0.2, 0) is 6.54 Å². The highest BCUT2D eigenvalue weighted by Crippen LogP contribution is 2.18. The van der Waals surface area contributed by atoms with E-state index in [1.807, 2.05) is 12.1 Å². The maximum Gasteiger partial charge on any atom is 0.214 e. The number of hydrogen-bond donors (Lipinski definition) is 1. The number of rotatable bonds is 4. The second kappa shape index (κ2) is 6.68. The molecular weight excluding hydrogens is 265 g/mol. The van der Waals surface area contributed by atoms with Crippen LogP contribution in [0.3, 0.4) is 0 Å². The highest BCUT2D eigenvalue weighted by atomic mass is 19.1. The van der Waals surface area contributed by atoms with E-state index in [0.29, 0.717) is 6.04 Å². The monoisotopic (exact) mass is 285 g/mol. The molecule has 0 amide bonds. The van der Waals surface area contributed by atoms with E-state index in [2.05, 4.69) is 39.5 Å². The van der Waals surface area contributed by atoms with Crippen molar-refractivity contribution in [3.05, 3.63) is 60.2 Å². The summed E-state index contributed by atoms with van der Waals surface area (Å²) in [5.74, 6) is -0.433. The Kier molecular flexibility index (Phi) is 4.46. The van der Waals surface area contributed by atoms with Gasteiger partial charge in [-0.25, -0.2) is 4.98 Å². The van der Waals surface area contributed by atoms with Crippen LogP contribution < -0.4 is 5.32 Å². The summed E-state index contributed by atoms with van der Waals surface area (Å²) in [6.45, 7) is 3.08. The van der Waals surface area contributed by atoms with Crippen LogP contribution in [0.5, 0.6) is 0 Å². The van der Waals surface area contributed by atoms with Crippen molar-refractivity contribution in [3.8, 4) is 0 Å². The molecule has 0 spiro atoms. The van der Waals surface area contributed by atoms with Gasteiger partial charge in [0.2, 0.25) is 5.95 Å². The van der Waals surface area contributed by atoms with E-state index in [-0.39, 0.29) is 0 Å². The van der Waals surface area contributed by atoms with Crippen LogP contribution in [0.2, 0.25) is 0 Å². The fourth-order valence-corrected chi connectivity index (χ4v) is 2.89. The minimum Gasteiger partial charge on any atom is -0.381 e. The molecule has 2 aromatic rings. The summed E-state index contributed by atoms with van der Waals surface area (Å²) in [6, 6.07) is 14.2. The van der Waals surface area contributed by atoms with Gasteiger partial charge in [-0.05, 0) is 31.0 Å². The summed E-state index contributed by atoms with van der Waals surface area (Å²) in [5, 5.41) is 3.42. The van der Waals surface area contributed by atoms with Gasteiger partial charge in [0.1, 0.15) is 0 Å². The molecule has 110 valence electrons. The molecule has 0 saturated carbocycles. The molecule has 1 aromatic heterocycles. The lowest BCUT2D eigenvalue weighted by Crippen LogP contribution is -2.41. The summed E-state index contributed by atoms with van der Waals surface area (Å²) in [6.07, 6.45) is 3.79. The summed E-state index contributed by atoms with van der Waals surface area (Å²) in [7, 11) is 0. The predicted molar refractivity (Wildman–Crippen MR) is 82.6 cm³/mol. The molecule has 1 aromatic carbocycles. The van der Waals surface area contributed by atoms with Crippen LogP contribution in [0.25, 0.3) is 0 Å². The molecule has 1 unspecified atom stereocenters. The third-order valence-corrected chi connectivity index (χ3v) is 3.85. The largest absolute Gasteiger partial charge is 0.381 e. The van der Waals surface area contributed by atoms with E-state index < -0.39 is 5.95 Å². The number of aromatic nitrogens is 1. The van der Waals surface area contributed by atoms with E-state index >= 15 is 0 Å². The summed E-state index contributed by atoms with van der Waals surface area (Å²) >= 11 is 0. The third kappa shape index (κ3) is 4.02. The average molecular weight is 285 g/mol. The van der Waals surface area contributed by atoms with Gasteiger partial charge in [-0.3, -0.25) is 4.90 Å². The molecule has 21 heavy (non-hydrogen) atoms. The Bertz CT molecular complexity index is 573. The highest BCUT2D eigenvalue weighted by Gasteiger charge is 2.19. The van der Waals surface area contributed by atoms with Crippen LogP contribution in [0.1, 0.15) is 18.4 Å². The van der Waals surface area contributed by atoms with Crippen molar-refractivity contribution >= 4 is 5.69 Å². The van der Waals surface area contributed by atoms with Crippen molar-refractivity contribution in [1.82, 2.24) is 9.88 Å². The highest BCUT2D eigenvalue weighted by molar-refractivity contribution is 5.42. The molecule has 3 rings (SSSR count). The number of benzene rings is 1. The maximum absolute atomic E-state index is 13.1. The minimum atomic E-state index is -0.433. The Morgan fingerprint density at radius 3 is 2.90 bits per heavy atom.